The minimum atomic E-state index is -0.269. The van der Waals surface area contributed by atoms with Crippen molar-refractivity contribution in [3.05, 3.63) is 95.6 Å². The van der Waals surface area contributed by atoms with E-state index in [0.29, 0.717) is 0 Å². The normalized spacial score (nSPS) is 14.2. The van der Waals surface area contributed by atoms with E-state index in [1.54, 1.807) is 24.3 Å². The van der Waals surface area contributed by atoms with Crippen LogP contribution in [-0.2, 0) is 0 Å². The van der Waals surface area contributed by atoms with Crippen molar-refractivity contribution in [3.8, 4) is 0 Å². The number of hydrogen-bond donors (Lipinski definition) is 0. The van der Waals surface area contributed by atoms with E-state index in [2.05, 4.69) is 6.58 Å². The molecule has 1 aliphatic rings. The maximum atomic E-state index is 13.0. The van der Waals surface area contributed by atoms with Crippen molar-refractivity contribution in [1.29, 1.82) is 0 Å². The zero-order chi connectivity index (χ0) is 14.1. The SMILES string of the molecule is C=C1C=CC(c2ccc(F)cc2)=C1c1ccc(F)cc1. The van der Waals surface area contributed by atoms with E-state index in [0.717, 1.165) is 27.8 Å². The summed E-state index contributed by atoms with van der Waals surface area (Å²) in [6.07, 6.45) is 3.87. The third kappa shape index (κ3) is 2.21. The van der Waals surface area contributed by atoms with Gasteiger partial charge in [0.05, 0.1) is 0 Å². The first-order valence-electron chi connectivity index (χ1n) is 6.28. The van der Waals surface area contributed by atoms with E-state index < -0.39 is 0 Å². The highest BCUT2D eigenvalue weighted by Gasteiger charge is 2.16. The number of allylic oxidation sites excluding steroid dienone is 5. The Balaban J connectivity index is 2.14. The second kappa shape index (κ2) is 4.89. The Hall–Kier alpha value is -2.48. The molecule has 0 aromatic heterocycles. The largest absolute Gasteiger partial charge is 0.207 e. The van der Waals surface area contributed by atoms with Gasteiger partial charge in [0.15, 0.2) is 0 Å². The van der Waals surface area contributed by atoms with Crippen molar-refractivity contribution < 1.29 is 8.78 Å². The van der Waals surface area contributed by atoms with Crippen LogP contribution in [0.2, 0.25) is 0 Å². The lowest BCUT2D eigenvalue weighted by atomic mass is 9.95. The summed E-state index contributed by atoms with van der Waals surface area (Å²) in [7, 11) is 0. The van der Waals surface area contributed by atoms with Gasteiger partial charge < -0.3 is 0 Å². The fourth-order valence-corrected chi connectivity index (χ4v) is 2.35. The molecule has 0 heterocycles. The topological polar surface area (TPSA) is 0 Å². The Morgan fingerprint density at radius 2 is 1.15 bits per heavy atom. The van der Waals surface area contributed by atoms with Gasteiger partial charge in [0.1, 0.15) is 11.6 Å². The predicted octanol–water partition coefficient (Wildman–Crippen LogP) is 5.00. The van der Waals surface area contributed by atoms with E-state index >= 15 is 0 Å². The lowest BCUT2D eigenvalue weighted by Crippen LogP contribution is -1.89. The van der Waals surface area contributed by atoms with Crippen LogP contribution < -0.4 is 0 Å². The highest BCUT2D eigenvalue weighted by atomic mass is 19.1. The lowest BCUT2D eigenvalue weighted by Gasteiger charge is -2.09. The van der Waals surface area contributed by atoms with Crippen molar-refractivity contribution in [2.45, 2.75) is 0 Å². The molecule has 0 bridgehead atoms. The highest BCUT2D eigenvalue weighted by molar-refractivity contribution is 6.06. The molecular weight excluding hydrogens is 254 g/mol. The quantitative estimate of drug-likeness (QED) is 0.717. The molecule has 0 spiro atoms. The van der Waals surface area contributed by atoms with Gasteiger partial charge in [-0.3, -0.25) is 0 Å². The Labute approximate surface area is 116 Å². The molecule has 20 heavy (non-hydrogen) atoms. The summed E-state index contributed by atoms with van der Waals surface area (Å²) in [5.74, 6) is -0.535. The van der Waals surface area contributed by atoms with Crippen LogP contribution in [0, 0.1) is 11.6 Å². The van der Waals surface area contributed by atoms with Gasteiger partial charge in [-0.05, 0) is 52.1 Å². The van der Waals surface area contributed by atoms with Crippen LogP contribution >= 0.6 is 0 Å². The molecule has 0 saturated heterocycles. The van der Waals surface area contributed by atoms with Crippen molar-refractivity contribution >= 4 is 11.1 Å². The summed E-state index contributed by atoms with van der Waals surface area (Å²) in [5.41, 5.74) is 4.62. The molecule has 0 nitrogen and oxygen atoms in total. The first kappa shape index (κ1) is 12.5. The maximum absolute atomic E-state index is 13.0. The second-order valence-electron chi connectivity index (χ2n) is 4.66. The van der Waals surface area contributed by atoms with Crippen LogP contribution in [0.15, 0.2) is 72.8 Å². The second-order valence-corrected chi connectivity index (χ2v) is 4.66. The zero-order valence-electron chi connectivity index (χ0n) is 10.7. The first-order valence-corrected chi connectivity index (χ1v) is 6.28. The number of rotatable bonds is 2. The van der Waals surface area contributed by atoms with Crippen LogP contribution in [0.4, 0.5) is 8.78 Å². The number of benzene rings is 2. The van der Waals surface area contributed by atoms with Crippen LogP contribution in [0.1, 0.15) is 11.1 Å². The smallest absolute Gasteiger partial charge is 0.123 e. The molecule has 2 heteroatoms. The lowest BCUT2D eigenvalue weighted by molar-refractivity contribution is 0.627. The summed E-state index contributed by atoms with van der Waals surface area (Å²) < 4.78 is 26.1. The molecule has 0 radical (unpaired) electrons. The number of hydrogen-bond acceptors (Lipinski definition) is 0. The molecule has 0 amide bonds. The minimum absolute atomic E-state index is 0.265. The minimum Gasteiger partial charge on any atom is -0.207 e. The van der Waals surface area contributed by atoms with Gasteiger partial charge in [-0.1, -0.05) is 43.0 Å². The summed E-state index contributed by atoms with van der Waals surface area (Å²) in [5, 5.41) is 0. The van der Waals surface area contributed by atoms with Crippen molar-refractivity contribution in [1.82, 2.24) is 0 Å². The molecular formula is C18H12F2. The Kier molecular flexibility index (Phi) is 3.07. The van der Waals surface area contributed by atoms with Gasteiger partial charge >= 0.3 is 0 Å². The maximum Gasteiger partial charge on any atom is 0.123 e. The van der Waals surface area contributed by atoms with Gasteiger partial charge in [0.25, 0.3) is 0 Å². The highest BCUT2D eigenvalue weighted by Crippen LogP contribution is 2.37. The van der Waals surface area contributed by atoms with Gasteiger partial charge in [0, 0.05) is 0 Å². The van der Waals surface area contributed by atoms with Gasteiger partial charge in [-0.2, -0.15) is 0 Å². The molecule has 3 rings (SSSR count). The molecule has 0 unspecified atom stereocenters. The molecule has 0 atom stereocenters. The standard InChI is InChI=1S/C18H12F2/c1-12-2-11-17(13-3-7-15(19)8-4-13)18(12)14-5-9-16(20)10-6-14/h2-11H,1H2. The van der Waals surface area contributed by atoms with E-state index in [9.17, 15) is 8.78 Å². The average molecular weight is 266 g/mol. The zero-order valence-corrected chi connectivity index (χ0v) is 10.7. The Morgan fingerprint density at radius 1 is 0.650 bits per heavy atom. The van der Waals surface area contributed by atoms with Crippen molar-refractivity contribution in [2.24, 2.45) is 0 Å². The van der Waals surface area contributed by atoms with Gasteiger partial charge in [-0.25, -0.2) is 8.78 Å². The van der Waals surface area contributed by atoms with Crippen LogP contribution in [0.5, 0.6) is 0 Å². The summed E-state index contributed by atoms with van der Waals surface area (Å²) in [4.78, 5) is 0. The van der Waals surface area contributed by atoms with Crippen molar-refractivity contribution in [3.63, 3.8) is 0 Å². The molecule has 0 fully saturated rings. The summed E-state index contributed by atoms with van der Waals surface area (Å²) in [6.45, 7) is 4.02. The van der Waals surface area contributed by atoms with E-state index in [1.807, 2.05) is 12.2 Å². The summed E-state index contributed by atoms with van der Waals surface area (Å²) >= 11 is 0. The molecule has 2 aromatic carbocycles. The average Bonchev–Trinajstić information content (AvgIpc) is 2.83. The van der Waals surface area contributed by atoms with E-state index in [-0.39, 0.29) is 11.6 Å². The fraction of sp³-hybridized carbons (Fsp3) is 0. The third-order valence-corrected chi connectivity index (χ3v) is 3.33. The van der Waals surface area contributed by atoms with Gasteiger partial charge in [0.2, 0.25) is 0 Å². The van der Waals surface area contributed by atoms with Crippen LogP contribution in [0.3, 0.4) is 0 Å². The summed E-state index contributed by atoms with van der Waals surface area (Å²) in [6, 6.07) is 12.6. The van der Waals surface area contributed by atoms with Gasteiger partial charge in [-0.15, -0.1) is 0 Å². The molecule has 1 aliphatic carbocycles. The third-order valence-electron chi connectivity index (χ3n) is 3.33. The molecule has 0 aliphatic heterocycles. The Bertz CT molecular complexity index is 670. The Morgan fingerprint density at radius 3 is 1.70 bits per heavy atom. The number of halogens is 2. The fourth-order valence-electron chi connectivity index (χ4n) is 2.35. The molecule has 2 aromatic rings. The van der Waals surface area contributed by atoms with E-state index in [4.69, 9.17) is 0 Å². The molecule has 0 N–H and O–H groups in total. The van der Waals surface area contributed by atoms with Crippen molar-refractivity contribution in [2.75, 3.05) is 0 Å². The van der Waals surface area contributed by atoms with Crippen LogP contribution in [0.25, 0.3) is 11.1 Å². The monoisotopic (exact) mass is 266 g/mol. The van der Waals surface area contributed by atoms with E-state index in [1.165, 1.54) is 24.3 Å². The van der Waals surface area contributed by atoms with Crippen LogP contribution in [-0.4, -0.2) is 0 Å². The first-order chi connectivity index (χ1) is 9.65. The molecule has 0 saturated carbocycles. The predicted molar refractivity (Wildman–Crippen MR) is 77.9 cm³/mol. The molecule has 98 valence electrons.